The van der Waals surface area contributed by atoms with E-state index in [2.05, 4.69) is 10.3 Å². The Hall–Kier alpha value is -2.11. The van der Waals surface area contributed by atoms with Crippen LogP contribution >= 0.6 is 0 Å². The second-order valence-electron chi connectivity index (χ2n) is 4.25. The standard InChI is InChI=1S/C13H18N2O4/c1-3-5-9(2)15-11(16)8-19-13(18)10-6-4-7-14-12(10)17/h4,6-7,9H,3,5,8H2,1-2H3,(H,14,17)(H,15,16). The van der Waals surface area contributed by atoms with Gasteiger partial charge in [-0.25, -0.2) is 4.79 Å². The molecule has 6 nitrogen and oxygen atoms in total. The third kappa shape index (κ3) is 4.95. The number of esters is 1. The molecule has 0 bridgehead atoms. The Morgan fingerprint density at radius 2 is 2.21 bits per heavy atom. The van der Waals surface area contributed by atoms with E-state index in [1.165, 1.54) is 18.3 Å². The monoisotopic (exact) mass is 266 g/mol. The van der Waals surface area contributed by atoms with Gasteiger partial charge in [0.2, 0.25) is 0 Å². The van der Waals surface area contributed by atoms with Crippen molar-refractivity contribution in [3.63, 3.8) is 0 Å². The summed E-state index contributed by atoms with van der Waals surface area (Å²) in [5.41, 5.74) is -0.649. The van der Waals surface area contributed by atoms with E-state index in [1.807, 2.05) is 13.8 Å². The molecule has 1 rings (SSSR count). The fraction of sp³-hybridized carbons (Fsp3) is 0.462. The molecule has 0 radical (unpaired) electrons. The summed E-state index contributed by atoms with van der Waals surface area (Å²) >= 11 is 0. The molecule has 0 spiro atoms. The molecule has 2 N–H and O–H groups in total. The summed E-state index contributed by atoms with van der Waals surface area (Å²) in [6.07, 6.45) is 3.23. The first-order chi connectivity index (χ1) is 9.04. The van der Waals surface area contributed by atoms with E-state index in [0.29, 0.717) is 0 Å². The average molecular weight is 266 g/mol. The summed E-state index contributed by atoms with van der Waals surface area (Å²) in [5, 5.41) is 2.70. The number of amides is 1. The first-order valence-electron chi connectivity index (χ1n) is 6.18. The molecule has 1 atom stereocenters. The molecule has 6 heteroatoms. The van der Waals surface area contributed by atoms with E-state index in [9.17, 15) is 14.4 Å². The predicted octanol–water partition coefficient (Wildman–Crippen LogP) is 0.837. The number of hydrogen-bond acceptors (Lipinski definition) is 4. The van der Waals surface area contributed by atoms with Gasteiger partial charge in [-0.1, -0.05) is 13.3 Å². The topological polar surface area (TPSA) is 88.3 Å². The van der Waals surface area contributed by atoms with E-state index in [4.69, 9.17) is 4.74 Å². The fourth-order valence-corrected chi connectivity index (χ4v) is 1.61. The lowest BCUT2D eigenvalue weighted by atomic mass is 10.2. The van der Waals surface area contributed by atoms with Crippen molar-refractivity contribution in [1.29, 1.82) is 0 Å². The van der Waals surface area contributed by atoms with Crippen molar-refractivity contribution < 1.29 is 14.3 Å². The summed E-state index contributed by atoms with van der Waals surface area (Å²) < 4.78 is 4.78. The molecule has 1 aromatic heterocycles. The van der Waals surface area contributed by atoms with E-state index in [1.54, 1.807) is 0 Å². The molecule has 0 saturated carbocycles. The number of aromatic nitrogens is 1. The number of aromatic amines is 1. The summed E-state index contributed by atoms with van der Waals surface area (Å²) in [6.45, 7) is 3.51. The molecule has 19 heavy (non-hydrogen) atoms. The third-order valence-corrected chi connectivity index (χ3v) is 2.50. The van der Waals surface area contributed by atoms with Crippen molar-refractivity contribution in [1.82, 2.24) is 10.3 Å². The van der Waals surface area contributed by atoms with E-state index in [-0.39, 0.29) is 24.1 Å². The molecule has 0 aliphatic heterocycles. The van der Waals surface area contributed by atoms with Gasteiger partial charge in [-0.3, -0.25) is 9.59 Å². The minimum Gasteiger partial charge on any atom is -0.452 e. The summed E-state index contributed by atoms with van der Waals surface area (Å²) in [4.78, 5) is 36.7. The first kappa shape index (κ1) is 14.9. The minimum atomic E-state index is -0.805. The zero-order valence-corrected chi connectivity index (χ0v) is 11.1. The SMILES string of the molecule is CCCC(C)NC(=O)COC(=O)c1ccc[nH]c1=O. The molecule has 0 fully saturated rings. The number of rotatable bonds is 6. The van der Waals surface area contributed by atoms with Gasteiger partial charge in [0.05, 0.1) is 0 Å². The second-order valence-corrected chi connectivity index (χ2v) is 4.25. The molecule has 1 unspecified atom stereocenters. The Bertz CT molecular complexity index is 495. The Labute approximate surface area is 111 Å². The van der Waals surface area contributed by atoms with Crippen LogP contribution in [0, 0.1) is 0 Å². The van der Waals surface area contributed by atoms with Crippen LogP contribution in [0.5, 0.6) is 0 Å². The molecular weight excluding hydrogens is 248 g/mol. The number of nitrogens with one attached hydrogen (secondary N) is 2. The Morgan fingerprint density at radius 1 is 1.47 bits per heavy atom. The van der Waals surface area contributed by atoms with Crippen molar-refractivity contribution in [3.8, 4) is 0 Å². The van der Waals surface area contributed by atoms with Crippen molar-refractivity contribution in [2.75, 3.05) is 6.61 Å². The summed E-state index contributed by atoms with van der Waals surface area (Å²) in [7, 11) is 0. The lowest BCUT2D eigenvalue weighted by Crippen LogP contribution is -2.36. The van der Waals surface area contributed by atoms with Gasteiger partial charge in [-0.15, -0.1) is 0 Å². The smallest absolute Gasteiger partial charge is 0.344 e. The minimum absolute atomic E-state index is 0.0383. The van der Waals surface area contributed by atoms with E-state index >= 15 is 0 Å². The van der Waals surface area contributed by atoms with Gasteiger partial charge in [0, 0.05) is 12.2 Å². The number of carbonyl (C=O) groups is 2. The molecule has 1 aromatic rings. The number of hydrogen-bond donors (Lipinski definition) is 2. The van der Waals surface area contributed by atoms with Crippen LogP contribution in [0.4, 0.5) is 0 Å². The molecule has 1 heterocycles. The molecular formula is C13H18N2O4. The van der Waals surface area contributed by atoms with Crippen molar-refractivity contribution >= 4 is 11.9 Å². The van der Waals surface area contributed by atoms with Crippen molar-refractivity contribution in [2.24, 2.45) is 0 Å². The van der Waals surface area contributed by atoms with Crippen molar-refractivity contribution in [2.45, 2.75) is 32.7 Å². The maximum Gasteiger partial charge on any atom is 0.344 e. The maximum absolute atomic E-state index is 11.6. The van der Waals surface area contributed by atoms with Gasteiger partial charge in [0.15, 0.2) is 6.61 Å². The number of carbonyl (C=O) groups excluding carboxylic acids is 2. The second kappa shape index (κ2) is 7.35. The average Bonchev–Trinajstić information content (AvgIpc) is 2.36. The van der Waals surface area contributed by atoms with Gasteiger partial charge in [-0.05, 0) is 25.5 Å². The van der Waals surface area contributed by atoms with Crippen molar-refractivity contribution in [3.05, 3.63) is 34.2 Å². The highest BCUT2D eigenvalue weighted by atomic mass is 16.5. The predicted molar refractivity (Wildman–Crippen MR) is 69.9 cm³/mol. The summed E-state index contributed by atoms with van der Waals surface area (Å²) in [5.74, 6) is -1.18. The fourth-order valence-electron chi connectivity index (χ4n) is 1.61. The molecule has 0 saturated heterocycles. The highest BCUT2D eigenvalue weighted by Gasteiger charge is 2.14. The Balaban J connectivity index is 2.45. The highest BCUT2D eigenvalue weighted by molar-refractivity contribution is 5.90. The van der Waals surface area contributed by atoms with Gasteiger partial charge < -0.3 is 15.0 Å². The van der Waals surface area contributed by atoms with Crippen LogP contribution in [0.15, 0.2) is 23.1 Å². The van der Waals surface area contributed by atoms with Gasteiger partial charge >= 0.3 is 5.97 Å². The van der Waals surface area contributed by atoms with Gasteiger partial charge in [0.1, 0.15) is 5.56 Å². The van der Waals surface area contributed by atoms with Crippen LogP contribution in [0.25, 0.3) is 0 Å². The van der Waals surface area contributed by atoms with Crippen LogP contribution in [-0.4, -0.2) is 29.5 Å². The number of pyridine rings is 1. The molecule has 104 valence electrons. The largest absolute Gasteiger partial charge is 0.452 e. The molecule has 0 aromatic carbocycles. The lowest BCUT2D eigenvalue weighted by molar-refractivity contribution is -0.124. The van der Waals surface area contributed by atoms with Crippen LogP contribution in [0.1, 0.15) is 37.0 Å². The Morgan fingerprint density at radius 3 is 2.84 bits per heavy atom. The molecule has 0 aliphatic carbocycles. The van der Waals surface area contributed by atoms with Gasteiger partial charge in [0.25, 0.3) is 11.5 Å². The zero-order valence-electron chi connectivity index (χ0n) is 11.1. The van der Waals surface area contributed by atoms with Crippen LogP contribution in [0.2, 0.25) is 0 Å². The number of H-pyrrole nitrogens is 1. The third-order valence-electron chi connectivity index (χ3n) is 2.50. The van der Waals surface area contributed by atoms with Crippen LogP contribution < -0.4 is 10.9 Å². The van der Waals surface area contributed by atoms with E-state index < -0.39 is 11.5 Å². The molecule has 0 aliphatic rings. The summed E-state index contributed by atoms with van der Waals surface area (Å²) in [6, 6.07) is 2.90. The van der Waals surface area contributed by atoms with Crippen LogP contribution in [0.3, 0.4) is 0 Å². The van der Waals surface area contributed by atoms with Gasteiger partial charge in [-0.2, -0.15) is 0 Å². The molecule has 1 amide bonds. The van der Waals surface area contributed by atoms with Crippen LogP contribution in [-0.2, 0) is 9.53 Å². The number of ether oxygens (including phenoxy) is 1. The Kier molecular flexibility index (Phi) is 5.78. The first-order valence-corrected chi connectivity index (χ1v) is 6.18. The maximum atomic E-state index is 11.6. The quantitative estimate of drug-likeness (QED) is 0.747. The lowest BCUT2D eigenvalue weighted by Gasteiger charge is -2.12. The van der Waals surface area contributed by atoms with E-state index in [0.717, 1.165) is 12.8 Å². The highest BCUT2D eigenvalue weighted by Crippen LogP contribution is 1.96. The zero-order chi connectivity index (χ0) is 14.3. The normalized spacial score (nSPS) is 11.7.